The fourth-order valence-electron chi connectivity index (χ4n) is 5.62. The maximum Gasteiger partial charge on any atom is 0.291 e. The monoisotopic (exact) mass is 563 g/mol. The Morgan fingerprint density at radius 2 is 1.52 bits per heavy atom. The first-order chi connectivity index (χ1) is 20.3. The zero-order valence-corrected chi connectivity index (χ0v) is 23.4. The lowest BCUT2D eigenvalue weighted by Gasteiger charge is -2.38. The molecule has 2 aliphatic rings. The third-order valence-electron chi connectivity index (χ3n) is 8.13. The maximum absolute atomic E-state index is 13.5. The van der Waals surface area contributed by atoms with Gasteiger partial charge in [0, 0.05) is 43.0 Å². The van der Waals surface area contributed by atoms with E-state index in [1.807, 2.05) is 18.2 Å². The molecule has 0 radical (unpaired) electrons. The number of carbonyl (C=O) groups excluding carboxylic acids is 3. The topological polar surface area (TPSA) is 121 Å². The van der Waals surface area contributed by atoms with Crippen LogP contribution in [0.2, 0.25) is 0 Å². The molecular weight excluding hydrogens is 530 g/mol. The van der Waals surface area contributed by atoms with E-state index in [0.29, 0.717) is 16.8 Å². The van der Waals surface area contributed by atoms with E-state index in [0.717, 1.165) is 50.3 Å². The summed E-state index contributed by atoms with van der Waals surface area (Å²) in [5, 5.41) is 6.13. The summed E-state index contributed by atoms with van der Waals surface area (Å²) in [7, 11) is 0. The van der Waals surface area contributed by atoms with Gasteiger partial charge in [0.25, 0.3) is 11.8 Å². The average molecular weight is 564 g/mol. The summed E-state index contributed by atoms with van der Waals surface area (Å²) >= 11 is 0. The van der Waals surface area contributed by atoms with Crippen LogP contribution in [0.5, 0.6) is 0 Å². The molecule has 1 saturated heterocycles. The van der Waals surface area contributed by atoms with Crippen molar-refractivity contribution in [3.63, 3.8) is 0 Å². The Morgan fingerprint density at radius 1 is 0.786 bits per heavy atom. The number of nitrogens with zero attached hydrogens (tertiary/aromatic N) is 2. The van der Waals surface area contributed by atoms with E-state index in [2.05, 4.69) is 45.6 Å². The van der Waals surface area contributed by atoms with Gasteiger partial charge in [-0.15, -0.1) is 0 Å². The fourth-order valence-corrected chi connectivity index (χ4v) is 5.62. The van der Waals surface area contributed by atoms with Crippen LogP contribution >= 0.6 is 0 Å². The molecule has 1 aliphatic carbocycles. The van der Waals surface area contributed by atoms with Gasteiger partial charge in [0.1, 0.15) is 0 Å². The molecule has 0 unspecified atom stereocenters. The van der Waals surface area contributed by atoms with Gasteiger partial charge in [0.2, 0.25) is 5.91 Å². The highest BCUT2D eigenvalue weighted by Crippen LogP contribution is 2.46. The normalized spacial score (nSPS) is 15.6. The van der Waals surface area contributed by atoms with E-state index in [9.17, 15) is 14.4 Å². The van der Waals surface area contributed by atoms with Crippen LogP contribution in [0.1, 0.15) is 55.2 Å². The van der Waals surface area contributed by atoms with Gasteiger partial charge in [-0.3, -0.25) is 14.4 Å². The quantitative estimate of drug-likeness (QED) is 0.286. The van der Waals surface area contributed by atoms with Crippen LogP contribution in [-0.2, 0) is 5.54 Å². The summed E-state index contributed by atoms with van der Waals surface area (Å²) in [6.07, 6.45) is 2.96. The number of para-hydroxylation sites is 1. The van der Waals surface area contributed by atoms with E-state index in [1.165, 1.54) is 17.5 Å². The third kappa shape index (κ3) is 5.45. The molecule has 1 aromatic heterocycles. The number of aryl methyl sites for hydroxylation is 1. The molecule has 6 rings (SSSR count). The molecule has 3 amide bonds. The van der Waals surface area contributed by atoms with E-state index in [-0.39, 0.29) is 17.6 Å². The van der Waals surface area contributed by atoms with Crippen molar-refractivity contribution in [2.75, 3.05) is 41.3 Å². The number of anilines is 3. The van der Waals surface area contributed by atoms with E-state index in [4.69, 9.17) is 10.2 Å². The number of piperazine rings is 1. The highest BCUT2D eigenvalue weighted by Gasteiger charge is 2.46. The Labute approximate surface area is 244 Å². The summed E-state index contributed by atoms with van der Waals surface area (Å²) in [4.78, 5) is 42.8. The molecule has 4 N–H and O–H groups in total. The van der Waals surface area contributed by atoms with Crippen LogP contribution in [0.25, 0.3) is 0 Å². The molecule has 1 saturated carbocycles. The van der Waals surface area contributed by atoms with Crippen molar-refractivity contribution in [1.82, 2.24) is 5.32 Å². The Hall–Kier alpha value is -5.05. The van der Waals surface area contributed by atoms with Crippen LogP contribution in [0, 0.1) is 6.92 Å². The number of carbonyl (C=O) groups is 3. The second kappa shape index (κ2) is 11.1. The zero-order valence-electron chi connectivity index (χ0n) is 23.4. The van der Waals surface area contributed by atoms with Gasteiger partial charge in [-0.05, 0) is 79.4 Å². The van der Waals surface area contributed by atoms with Crippen LogP contribution < -0.4 is 26.2 Å². The maximum atomic E-state index is 13.5. The molecule has 42 heavy (non-hydrogen) atoms. The summed E-state index contributed by atoms with van der Waals surface area (Å²) in [5.41, 5.74) is 10.4. The lowest BCUT2D eigenvalue weighted by molar-refractivity contribution is 0.0929. The van der Waals surface area contributed by atoms with Crippen LogP contribution in [0.4, 0.5) is 17.1 Å². The second-order valence-electron chi connectivity index (χ2n) is 10.9. The number of nitrogens with one attached hydrogen (secondary N) is 2. The molecule has 0 atom stereocenters. The Kier molecular flexibility index (Phi) is 7.16. The average Bonchev–Trinajstić information content (AvgIpc) is 3.57. The molecule has 9 heteroatoms. The first-order valence-electron chi connectivity index (χ1n) is 14.1. The van der Waals surface area contributed by atoms with Crippen molar-refractivity contribution >= 4 is 34.8 Å². The highest BCUT2D eigenvalue weighted by molar-refractivity contribution is 6.06. The summed E-state index contributed by atoms with van der Waals surface area (Å²) in [5.74, 6) is -0.974. The summed E-state index contributed by atoms with van der Waals surface area (Å²) in [6.45, 7) is 5.27. The van der Waals surface area contributed by atoms with Gasteiger partial charge >= 0.3 is 0 Å². The molecule has 0 spiro atoms. The summed E-state index contributed by atoms with van der Waals surface area (Å²) < 4.78 is 5.31. The minimum Gasteiger partial charge on any atom is -0.459 e. The molecule has 214 valence electrons. The Morgan fingerprint density at radius 3 is 2.19 bits per heavy atom. The van der Waals surface area contributed by atoms with E-state index in [1.54, 1.807) is 42.5 Å². The second-order valence-corrected chi connectivity index (χ2v) is 10.9. The Balaban J connectivity index is 1.24. The van der Waals surface area contributed by atoms with Gasteiger partial charge < -0.3 is 30.6 Å². The number of nitrogens with two attached hydrogens (primary N) is 1. The third-order valence-corrected chi connectivity index (χ3v) is 8.13. The number of hydrogen-bond donors (Lipinski definition) is 3. The van der Waals surface area contributed by atoms with E-state index < -0.39 is 11.4 Å². The van der Waals surface area contributed by atoms with Crippen LogP contribution in [0.3, 0.4) is 0 Å². The van der Waals surface area contributed by atoms with Gasteiger partial charge in [-0.2, -0.15) is 0 Å². The molecule has 4 aromatic rings. The minimum absolute atomic E-state index is 0.187. The SMILES string of the molecule is Cc1ccccc1N1CCN(c2ccc(C(=O)NC3(c4cccc(C(N)=O)c4)CC3)cc2NC(=O)c2ccco2)CC1. The standard InChI is InChI=1S/C33H33N5O4/c1-22-6-2-3-9-27(22)37-15-17-38(18-16-37)28-12-11-24(21-26(28)35-32(41)29-10-5-19-42-29)31(40)36-33(13-14-33)25-8-4-7-23(20-25)30(34)39/h2-12,19-21H,13-18H2,1H3,(H2,34,39)(H,35,41)(H,36,40). The number of rotatable bonds is 8. The largest absolute Gasteiger partial charge is 0.459 e. The minimum atomic E-state index is -0.551. The molecule has 9 nitrogen and oxygen atoms in total. The molecule has 3 aromatic carbocycles. The van der Waals surface area contributed by atoms with Gasteiger partial charge in [0.15, 0.2) is 5.76 Å². The molecule has 1 aliphatic heterocycles. The smallest absolute Gasteiger partial charge is 0.291 e. The van der Waals surface area contributed by atoms with Crippen molar-refractivity contribution in [3.05, 3.63) is 113 Å². The summed E-state index contributed by atoms with van der Waals surface area (Å²) in [6, 6.07) is 24.1. The lowest BCUT2D eigenvalue weighted by atomic mass is 10.0. The first kappa shape index (κ1) is 27.1. The van der Waals surface area contributed by atoms with Gasteiger partial charge in [0.05, 0.1) is 23.2 Å². The molecule has 2 heterocycles. The highest BCUT2D eigenvalue weighted by atomic mass is 16.3. The number of hydrogen-bond acceptors (Lipinski definition) is 6. The Bertz CT molecular complexity index is 1640. The fraction of sp³-hybridized carbons (Fsp3) is 0.242. The van der Waals surface area contributed by atoms with Gasteiger partial charge in [-0.1, -0.05) is 30.3 Å². The van der Waals surface area contributed by atoms with Crippen molar-refractivity contribution in [2.45, 2.75) is 25.3 Å². The predicted molar refractivity (Wildman–Crippen MR) is 162 cm³/mol. The van der Waals surface area contributed by atoms with Crippen molar-refractivity contribution < 1.29 is 18.8 Å². The number of amides is 3. The molecule has 2 fully saturated rings. The number of primary amides is 1. The first-order valence-corrected chi connectivity index (χ1v) is 14.1. The molecular formula is C33H33N5O4. The number of furan rings is 1. The lowest BCUT2D eigenvalue weighted by Crippen LogP contribution is -2.47. The van der Waals surface area contributed by atoms with Crippen molar-refractivity contribution in [3.8, 4) is 0 Å². The zero-order chi connectivity index (χ0) is 29.3. The van der Waals surface area contributed by atoms with Crippen LogP contribution in [-0.4, -0.2) is 43.9 Å². The van der Waals surface area contributed by atoms with E-state index >= 15 is 0 Å². The number of benzene rings is 3. The van der Waals surface area contributed by atoms with Crippen LogP contribution in [0.15, 0.2) is 89.5 Å². The van der Waals surface area contributed by atoms with Crippen molar-refractivity contribution in [2.24, 2.45) is 5.73 Å². The predicted octanol–water partition coefficient (Wildman–Crippen LogP) is 4.68. The van der Waals surface area contributed by atoms with Crippen molar-refractivity contribution in [1.29, 1.82) is 0 Å². The van der Waals surface area contributed by atoms with Gasteiger partial charge in [-0.25, -0.2) is 0 Å². The molecule has 0 bridgehead atoms.